The average molecular weight is 604 g/mol. The van der Waals surface area contributed by atoms with E-state index in [0.29, 0.717) is 11.6 Å². The number of rotatable bonds is 8. The molecule has 0 bridgehead atoms. The second kappa shape index (κ2) is 11.2. The summed E-state index contributed by atoms with van der Waals surface area (Å²) in [4.78, 5) is 13.0. The molecule has 0 radical (unpaired) electrons. The fraction of sp³-hybridized carbons (Fsp3) is 0.529. The lowest BCUT2D eigenvalue weighted by molar-refractivity contribution is 0.100. The summed E-state index contributed by atoms with van der Waals surface area (Å²) in [7, 11) is -3.86. The zero-order valence-electron chi connectivity index (χ0n) is 27.2. The first-order chi connectivity index (χ1) is 19.6. The summed E-state index contributed by atoms with van der Waals surface area (Å²) >= 11 is 0. The van der Waals surface area contributed by atoms with Crippen molar-refractivity contribution in [1.82, 2.24) is 15.0 Å². The molecule has 226 valence electrons. The molecule has 6 nitrogen and oxygen atoms in total. The Morgan fingerprint density at radius 3 is 2.26 bits per heavy atom. The standard InChI is InChI=1S/C34H49N3O3Si2/c1-33(2,3)41(7,8)38-22-24-20-25(21-29(24)40-42(9,10)34(4,5)6)39-28-18-19-35-32-30(28)36-31(37-32)27-17-13-15-23-14-11-12-16-26(23)27/h11-19,24-25,29H,20-22H2,1-10H3,(H,35,36,37)/t24-,25+,29-/m0/s1. The average Bonchev–Trinajstić information content (AvgIpc) is 3.50. The lowest BCUT2D eigenvalue weighted by Gasteiger charge is -2.41. The van der Waals surface area contributed by atoms with Crippen LogP contribution in [0.3, 0.4) is 0 Å². The van der Waals surface area contributed by atoms with Crippen LogP contribution in [-0.4, -0.2) is 50.4 Å². The van der Waals surface area contributed by atoms with Crippen molar-refractivity contribution in [1.29, 1.82) is 0 Å². The molecule has 5 rings (SSSR count). The number of hydrogen-bond acceptors (Lipinski definition) is 5. The van der Waals surface area contributed by atoms with Crippen molar-refractivity contribution in [2.24, 2.45) is 5.92 Å². The maximum absolute atomic E-state index is 7.05. The van der Waals surface area contributed by atoms with Crippen molar-refractivity contribution in [3.63, 3.8) is 0 Å². The van der Waals surface area contributed by atoms with Gasteiger partial charge in [0.1, 0.15) is 23.2 Å². The molecule has 0 spiro atoms. The lowest BCUT2D eigenvalue weighted by atomic mass is 10.0. The Morgan fingerprint density at radius 2 is 1.55 bits per heavy atom. The van der Waals surface area contributed by atoms with E-state index >= 15 is 0 Å². The van der Waals surface area contributed by atoms with Crippen LogP contribution in [0, 0.1) is 5.92 Å². The topological polar surface area (TPSA) is 69.3 Å². The van der Waals surface area contributed by atoms with E-state index < -0.39 is 16.6 Å². The highest BCUT2D eigenvalue weighted by Crippen LogP contribution is 2.43. The van der Waals surface area contributed by atoms with Crippen LogP contribution in [0.5, 0.6) is 5.75 Å². The van der Waals surface area contributed by atoms with Crippen LogP contribution in [0.15, 0.2) is 54.7 Å². The molecule has 1 aliphatic rings. The van der Waals surface area contributed by atoms with E-state index in [2.05, 4.69) is 120 Å². The van der Waals surface area contributed by atoms with Gasteiger partial charge in [0, 0.05) is 36.8 Å². The van der Waals surface area contributed by atoms with Gasteiger partial charge >= 0.3 is 0 Å². The first-order valence-electron chi connectivity index (χ1n) is 15.4. The minimum atomic E-state index is -1.97. The minimum Gasteiger partial charge on any atom is -0.488 e. The van der Waals surface area contributed by atoms with E-state index in [9.17, 15) is 0 Å². The van der Waals surface area contributed by atoms with Gasteiger partial charge in [-0.1, -0.05) is 84.0 Å². The second-order valence-electron chi connectivity index (χ2n) is 15.1. The Hall–Kier alpha value is -2.53. The van der Waals surface area contributed by atoms with E-state index in [1.807, 2.05) is 6.07 Å². The highest BCUT2D eigenvalue weighted by molar-refractivity contribution is 6.74. The van der Waals surface area contributed by atoms with Gasteiger partial charge in [-0.25, -0.2) is 9.97 Å². The molecule has 1 aliphatic carbocycles. The fourth-order valence-corrected chi connectivity index (χ4v) is 7.73. The number of pyridine rings is 1. The first kappa shape index (κ1) is 30.9. The summed E-state index contributed by atoms with van der Waals surface area (Å²) in [5, 5.41) is 2.65. The highest BCUT2D eigenvalue weighted by Gasteiger charge is 2.46. The van der Waals surface area contributed by atoms with Gasteiger partial charge in [0.2, 0.25) is 0 Å². The smallest absolute Gasteiger partial charge is 0.192 e. The van der Waals surface area contributed by atoms with E-state index in [-0.39, 0.29) is 22.3 Å². The molecule has 0 aliphatic heterocycles. The first-order valence-corrected chi connectivity index (χ1v) is 21.2. The fourth-order valence-electron chi connectivity index (χ4n) is 5.27. The zero-order chi connectivity index (χ0) is 30.5. The predicted octanol–water partition coefficient (Wildman–Crippen LogP) is 9.35. The number of hydrogen-bond donors (Lipinski definition) is 1. The number of nitrogens with zero attached hydrogens (tertiary/aromatic N) is 2. The number of aromatic nitrogens is 3. The summed E-state index contributed by atoms with van der Waals surface area (Å²) in [6.45, 7) is 23.9. The van der Waals surface area contributed by atoms with Gasteiger partial charge in [0.25, 0.3) is 0 Å². The van der Waals surface area contributed by atoms with Gasteiger partial charge in [-0.15, -0.1) is 0 Å². The van der Waals surface area contributed by atoms with Gasteiger partial charge in [-0.05, 0) is 53.5 Å². The Morgan fingerprint density at radius 1 is 0.857 bits per heavy atom. The number of ether oxygens (including phenoxy) is 1. The SMILES string of the molecule is CC(C)(C)[Si](C)(C)OC[C@@H]1C[C@@H](Oc2ccnc3nc(-c4cccc5ccccc45)[nH]c23)C[C@@H]1O[Si](C)(C)C(C)(C)C. The maximum atomic E-state index is 7.05. The molecule has 2 aromatic carbocycles. The second-order valence-corrected chi connectivity index (χ2v) is 24.6. The molecule has 42 heavy (non-hydrogen) atoms. The molecule has 0 saturated heterocycles. The molecular weight excluding hydrogens is 555 g/mol. The molecule has 0 amide bonds. The highest BCUT2D eigenvalue weighted by atomic mass is 28.4. The van der Waals surface area contributed by atoms with E-state index in [4.69, 9.17) is 18.6 Å². The van der Waals surface area contributed by atoms with Crippen molar-refractivity contribution in [3.8, 4) is 17.1 Å². The summed E-state index contributed by atoms with van der Waals surface area (Å²) in [5.74, 6) is 1.89. The van der Waals surface area contributed by atoms with Crippen molar-refractivity contribution in [2.75, 3.05) is 6.61 Å². The van der Waals surface area contributed by atoms with E-state index in [1.165, 1.54) is 5.39 Å². The summed E-state index contributed by atoms with van der Waals surface area (Å²) < 4.78 is 20.6. The van der Waals surface area contributed by atoms with Crippen molar-refractivity contribution in [3.05, 3.63) is 54.7 Å². The van der Waals surface area contributed by atoms with Crippen LogP contribution < -0.4 is 4.74 Å². The molecule has 1 fully saturated rings. The van der Waals surface area contributed by atoms with Crippen molar-refractivity contribution in [2.45, 2.75) is 103 Å². The molecule has 1 saturated carbocycles. The maximum Gasteiger partial charge on any atom is 0.192 e. The number of imidazole rings is 1. The quantitative estimate of drug-likeness (QED) is 0.203. The largest absolute Gasteiger partial charge is 0.488 e. The van der Waals surface area contributed by atoms with E-state index in [0.717, 1.165) is 47.5 Å². The van der Waals surface area contributed by atoms with Crippen LogP contribution in [0.1, 0.15) is 54.4 Å². The molecule has 4 aromatic rings. The minimum absolute atomic E-state index is 0.0303. The van der Waals surface area contributed by atoms with Crippen molar-refractivity contribution >= 4 is 38.6 Å². The Bertz CT molecular complexity index is 1550. The Labute approximate surface area is 253 Å². The number of nitrogens with one attached hydrogen (secondary N) is 1. The third-order valence-corrected chi connectivity index (χ3v) is 19.0. The normalized spacial score (nSPS) is 20.5. The Kier molecular flexibility index (Phi) is 8.24. The molecule has 1 N–H and O–H groups in total. The van der Waals surface area contributed by atoms with Gasteiger partial charge in [-0.3, -0.25) is 0 Å². The van der Waals surface area contributed by atoms with Crippen LogP contribution in [0.2, 0.25) is 36.3 Å². The molecule has 3 atom stereocenters. The van der Waals surface area contributed by atoms with Crippen LogP contribution in [0.4, 0.5) is 0 Å². The zero-order valence-corrected chi connectivity index (χ0v) is 29.2. The Balaban J connectivity index is 1.40. The molecule has 2 heterocycles. The van der Waals surface area contributed by atoms with Gasteiger partial charge < -0.3 is 18.6 Å². The number of benzene rings is 2. The third-order valence-electron chi connectivity index (χ3n) is 10.00. The lowest BCUT2D eigenvalue weighted by Crippen LogP contribution is -2.46. The molecule has 0 unspecified atom stereocenters. The van der Waals surface area contributed by atoms with E-state index in [1.54, 1.807) is 6.20 Å². The molecule has 8 heteroatoms. The van der Waals surface area contributed by atoms with Gasteiger partial charge in [0.05, 0.1) is 6.10 Å². The monoisotopic (exact) mass is 603 g/mol. The molecule has 2 aromatic heterocycles. The number of H-pyrrole nitrogens is 1. The van der Waals surface area contributed by atoms with Gasteiger partial charge in [0.15, 0.2) is 22.3 Å². The van der Waals surface area contributed by atoms with Crippen LogP contribution in [-0.2, 0) is 8.85 Å². The van der Waals surface area contributed by atoms with Crippen LogP contribution in [0.25, 0.3) is 33.3 Å². The predicted molar refractivity (Wildman–Crippen MR) is 179 cm³/mol. The van der Waals surface area contributed by atoms with Gasteiger partial charge in [-0.2, -0.15) is 0 Å². The summed E-state index contributed by atoms with van der Waals surface area (Å²) in [6.07, 6.45) is 3.70. The van der Waals surface area contributed by atoms with Crippen molar-refractivity contribution < 1.29 is 13.6 Å². The van der Waals surface area contributed by atoms with Crippen LogP contribution >= 0.6 is 0 Å². The summed E-state index contributed by atoms with van der Waals surface area (Å²) in [6, 6.07) is 16.6. The third kappa shape index (κ3) is 6.23. The number of fused-ring (bicyclic) bond motifs is 2. The summed E-state index contributed by atoms with van der Waals surface area (Å²) in [5.41, 5.74) is 2.56. The number of aromatic amines is 1. The molecular formula is C34H49N3O3Si2.